The minimum absolute atomic E-state index is 0.130. The number of benzene rings is 2. The molecule has 0 aromatic heterocycles. The van der Waals surface area contributed by atoms with E-state index in [1.807, 2.05) is 18.2 Å². The standard InChI is InChI=1S/C26H29ClO3/c1-19(2)8-7-9-20(3)16-17-30-25-15-13-22(18-26(25)29-4)24(28)14-12-21-10-5-6-11-23(21)27/h5-6,8,10-16,18H,7,9,17H2,1-4H3/b14-12+,20-16+. The Hall–Kier alpha value is -2.78. The first kappa shape index (κ1) is 23.5. The van der Waals surface area contributed by atoms with Crippen LogP contribution in [0, 0.1) is 0 Å². The van der Waals surface area contributed by atoms with Crippen LogP contribution in [-0.4, -0.2) is 19.5 Å². The lowest BCUT2D eigenvalue weighted by Crippen LogP contribution is -2.00. The Kier molecular flexibility index (Phi) is 9.43. The third kappa shape index (κ3) is 7.57. The van der Waals surface area contributed by atoms with Crippen LogP contribution in [-0.2, 0) is 0 Å². The molecule has 30 heavy (non-hydrogen) atoms. The highest BCUT2D eigenvalue weighted by atomic mass is 35.5. The highest BCUT2D eigenvalue weighted by Crippen LogP contribution is 2.28. The molecule has 0 radical (unpaired) electrons. The summed E-state index contributed by atoms with van der Waals surface area (Å²) in [6.45, 7) is 6.77. The van der Waals surface area contributed by atoms with Crippen molar-refractivity contribution < 1.29 is 14.3 Å². The van der Waals surface area contributed by atoms with E-state index >= 15 is 0 Å². The first-order valence-corrected chi connectivity index (χ1v) is 10.3. The van der Waals surface area contributed by atoms with Crippen molar-refractivity contribution in [2.24, 2.45) is 0 Å². The fourth-order valence-electron chi connectivity index (χ4n) is 2.78. The summed E-state index contributed by atoms with van der Waals surface area (Å²) in [5.41, 5.74) is 3.94. The second-order valence-electron chi connectivity index (χ2n) is 7.27. The number of ether oxygens (including phenoxy) is 2. The Morgan fingerprint density at radius 1 is 1.03 bits per heavy atom. The molecule has 158 valence electrons. The number of hydrogen-bond acceptors (Lipinski definition) is 3. The molecule has 2 aromatic carbocycles. The molecule has 0 amide bonds. The van der Waals surface area contributed by atoms with Crippen LogP contribution < -0.4 is 9.47 Å². The zero-order valence-corrected chi connectivity index (χ0v) is 18.8. The summed E-state index contributed by atoms with van der Waals surface area (Å²) in [5, 5.41) is 0.604. The Balaban J connectivity index is 2.01. The van der Waals surface area contributed by atoms with Crippen LogP contribution in [0.5, 0.6) is 11.5 Å². The Bertz CT molecular complexity index is 951. The van der Waals surface area contributed by atoms with Crippen LogP contribution in [0.4, 0.5) is 0 Å². The van der Waals surface area contributed by atoms with Gasteiger partial charge in [0.15, 0.2) is 17.3 Å². The van der Waals surface area contributed by atoms with Crippen LogP contribution in [0.3, 0.4) is 0 Å². The molecule has 0 aliphatic rings. The molecule has 0 unspecified atom stereocenters. The van der Waals surface area contributed by atoms with Crippen molar-refractivity contribution >= 4 is 23.5 Å². The number of carbonyl (C=O) groups excluding carboxylic acids is 1. The van der Waals surface area contributed by atoms with Gasteiger partial charge in [-0.25, -0.2) is 0 Å². The van der Waals surface area contributed by atoms with E-state index in [4.69, 9.17) is 21.1 Å². The number of carbonyl (C=O) groups is 1. The number of rotatable bonds is 10. The first-order valence-electron chi connectivity index (χ1n) is 9.97. The normalized spacial score (nSPS) is 11.4. The SMILES string of the molecule is COc1cc(C(=O)/C=C/c2ccccc2Cl)ccc1OC/C=C(\C)CCC=C(C)C. The molecule has 0 spiro atoms. The van der Waals surface area contributed by atoms with Gasteiger partial charge < -0.3 is 9.47 Å². The van der Waals surface area contributed by atoms with Gasteiger partial charge in [0.05, 0.1) is 7.11 Å². The molecule has 0 heterocycles. The van der Waals surface area contributed by atoms with Crippen molar-refractivity contribution in [2.75, 3.05) is 13.7 Å². The lowest BCUT2D eigenvalue weighted by Gasteiger charge is -2.11. The molecule has 0 N–H and O–H groups in total. The summed E-state index contributed by atoms with van der Waals surface area (Å²) in [7, 11) is 1.57. The zero-order valence-electron chi connectivity index (χ0n) is 18.1. The van der Waals surface area contributed by atoms with Gasteiger partial charge in [-0.2, -0.15) is 0 Å². The van der Waals surface area contributed by atoms with Gasteiger partial charge in [-0.15, -0.1) is 0 Å². The molecule has 0 aliphatic carbocycles. The maximum Gasteiger partial charge on any atom is 0.185 e. The van der Waals surface area contributed by atoms with Gasteiger partial charge in [0, 0.05) is 10.6 Å². The molecule has 4 heteroatoms. The van der Waals surface area contributed by atoms with Gasteiger partial charge >= 0.3 is 0 Å². The van der Waals surface area contributed by atoms with E-state index in [1.165, 1.54) is 17.2 Å². The van der Waals surface area contributed by atoms with E-state index in [2.05, 4.69) is 32.9 Å². The van der Waals surface area contributed by atoms with E-state index in [-0.39, 0.29) is 5.78 Å². The third-order valence-electron chi connectivity index (χ3n) is 4.53. The number of ketones is 1. The molecule has 0 saturated heterocycles. The van der Waals surface area contributed by atoms with Crippen molar-refractivity contribution in [3.8, 4) is 11.5 Å². The molecular weight excluding hydrogens is 396 g/mol. The largest absolute Gasteiger partial charge is 0.493 e. The van der Waals surface area contributed by atoms with E-state index < -0.39 is 0 Å². The smallest absolute Gasteiger partial charge is 0.185 e. The zero-order chi connectivity index (χ0) is 21.9. The predicted octanol–water partition coefficient (Wildman–Crippen LogP) is 7.32. The van der Waals surface area contributed by atoms with Gasteiger partial charge in [0.2, 0.25) is 0 Å². The summed E-state index contributed by atoms with van der Waals surface area (Å²) in [6.07, 6.45) is 9.57. The average molecular weight is 425 g/mol. The minimum Gasteiger partial charge on any atom is -0.493 e. The molecular formula is C26H29ClO3. The topological polar surface area (TPSA) is 35.5 Å². The molecule has 2 rings (SSSR count). The lowest BCUT2D eigenvalue weighted by molar-refractivity contribution is 0.104. The fraction of sp³-hybridized carbons (Fsp3) is 0.269. The van der Waals surface area contributed by atoms with E-state index in [0.29, 0.717) is 28.7 Å². The van der Waals surface area contributed by atoms with Crippen LogP contribution in [0.2, 0.25) is 5.02 Å². The second-order valence-corrected chi connectivity index (χ2v) is 7.67. The summed E-state index contributed by atoms with van der Waals surface area (Å²) in [4.78, 5) is 12.5. The van der Waals surface area contributed by atoms with Crippen LogP contribution in [0.15, 0.2) is 71.8 Å². The molecule has 0 atom stereocenters. The Labute approximate surface area is 184 Å². The van der Waals surface area contributed by atoms with Crippen molar-refractivity contribution in [3.05, 3.63) is 88.0 Å². The van der Waals surface area contributed by atoms with Gasteiger partial charge in [-0.1, -0.05) is 47.0 Å². The van der Waals surface area contributed by atoms with Crippen molar-refractivity contribution in [1.29, 1.82) is 0 Å². The van der Waals surface area contributed by atoms with E-state index in [0.717, 1.165) is 18.4 Å². The number of allylic oxidation sites excluding steroid dienone is 4. The monoisotopic (exact) mass is 424 g/mol. The predicted molar refractivity (Wildman–Crippen MR) is 126 cm³/mol. The van der Waals surface area contributed by atoms with Gasteiger partial charge in [0.1, 0.15) is 6.61 Å². The lowest BCUT2D eigenvalue weighted by atomic mass is 10.1. The van der Waals surface area contributed by atoms with Crippen LogP contribution in [0.1, 0.15) is 49.5 Å². The van der Waals surface area contributed by atoms with Crippen molar-refractivity contribution in [1.82, 2.24) is 0 Å². The Morgan fingerprint density at radius 2 is 1.80 bits per heavy atom. The average Bonchev–Trinajstić information content (AvgIpc) is 2.72. The number of methoxy groups -OCH3 is 1. The molecule has 0 fully saturated rings. The fourth-order valence-corrected chi connectivity index (χ4v) is 2.98. The summed E-state index contributed by atoms with van der Waals surface area (Å²) in [5.74, 6) is 1.01. The number of halogens is 1. The maximum absolute atomic E-state index is 12.5. The molecule has 2 aromatic rings. The van der Waals surface area contributed by atoms with Crippen molar-refractivity contribution in [3.63, 3.8) is 0 Å². The molecule has 3 nitrogen and oxygen atoms in total. The summed E-state index contributed by atoms with van der Waals surface area (Å²) in [6, 6.07) is 12.6. The summed E-state index contributed by atoms with van der Waals surface area (Å²) >= 11 is 6.13. The molecule has 0 saturated carbocycles. The maximum atomic E-state index is 12.5. The van der Waals surface area contributed by atoms with E-state index in [1.54, 1.807) is 37.5 Å². The van der Waals surface area contributed by atoms with Gasteiger partial charge in [-0.3, -0.25) is 4.79 Å². The third-order valence-corrected chi connectivity index (χ3v) is 4.87. The molecule has 0 aliphatic heterocycles. The number of hydrogen-bond donors (Lipinski definition) is 0. The van der Waals surface area contributed by atoms with Crippen LogP contribution >= 0.6 is 11.6 Å². The van der Waals surface area contributed by atoms with Crippen molar-refractivity contribution in [2.45, 2.75) is 33.6 Å². The molecule has 0 bridgehead atoms. The first-order chi connectivity index (χ1) is 14.4. The minimum atomic E-state index is -0.130. The quantitative estimate of drug-likeness (QED) is 0.228. The Morgan fingerprint density at radius 3 is 2.50 bits per heavy atom. The van der Waals surface area contributed by atoms with Gasteiger partial charge in [-0.05, 0) is 81.7 Å². The van der Waals surface area contributed by atoms with Crippen LogP contribution in [0.25, 0.3) is 6.08 Å². The highest BCUT2D eigenvalue weighted by Gasteiger charge is 2.09. The second kappa shape index (κ2) is 12.0. The highest BCUT2D eigenvalue weighted by molar-refractivity contribution is 6.32. The van der Waals surface area contributed by atoms with E-state index in [9.17, 15) is 4.79 Å². The summed E-state index contributed by atoms with van der Waals surface area (Å²) < 4.78 is 11.3. The van der Waals surface area contributed by atoms with Gasteiger partial charge in [0.25, 0.3) is 0 Å².